The maximum atomic E-state index is 11.2. The minimum atomic E-state index is -0.0135. The molecular formula is C7H9ClN2OS2. The quantitative estimate of drug-likeness (QED) is 0.874. The first-order chi connectivity index (χ1) is 6.22. The molecule has 72 valence electrons. The van der Waals surface area contributed by atoms with Crippen LogP contribution >= 0.6 is 34.7 Å². The lowest BCUT2D eigenvalue weighted by molar-refractivity contribution is -0.115. The van der Waals surface area contributed by atoms with E-state index in [0.717, 1.165) is 5.75 Å². The summed E-state index contributed by atoms with van der Waals surface area (Å²) in [5.41, 5.74) is 0. The van der Waals surface area contributed by atoms with Gasteiger partial charge in [0.2, 0.25) is 5.91 Å². The Kier molecular flexibility index (Phi) is 4.55. The van der Waals surface area contributed by atoms with Gasteiger partial charge in [-0.15, -0.1) is 0 Å². The molecule has 1 N–H and O–H groups in total. The van der Waals surface area contributed by atoms with Gasteiger partial charge >= 0.3 is 0 Å². The Morgan fingerprint density at radius 3 is 3.15 bits per heavy atom. The lowest BCUT2D eigenvalue weighted by Crippen LogP contribution is -2.11. The molecule has 0 unspecified atom stereocenters. The number of thioether (sulfide) groups is 1. The standard InChI is InChI=1S/C7H9ClN2OS2/c1-12-3-2-6(11)10-7-9-4-5(8)13-7/h4H,2-3H2,1H3,(H,9,10,11). The van der Waals surface area contributed by atoms with Crippen molar-refractivity contribution in [3.63, 3.8) is 0 Å². The van der Waals surface area contributed by atoms with Crippen molar-refractivity contribution in [2.24, 2.45) is 0 Å². The molecule has 0 aliphatic heterocycles. The van der Waals surface area contributed by atoms with Gasteiger partial charge in [-0.05, 0) is 6.26 Å². The molecule has 1 heterocycles. The fourth-order valence-corrected chi connectivity index (χ4v) is 1.91. The van der Waals surface area contributed by atoms with Crippen molar-refractivity contribution in [1.29, 1.82) is 0 Å². The van der Waals surface area contributed by atoms with E-state index in [2.05, 4.69) is 10.3 Å². The Balaban J connectivity index is 2.36. The number of carbonyl (C=O) groups excluding carboxylic acids is 1. The van der Waals surface area contributed by atoms with E-state index in [9.17, 15) is 4.79 Å². The fourth-order valence-electron chi connectivity index (χ4n) is 0.689. The highest BCUT2D eigenvalue weighted by Crippen LogP contribution is 2.22. The van der Waals surface area contributed by atoms with Crippen molar-refractivity contribution >= 4 is 45.7 Å². The molecule has 0 atom stereocenters. The largest absolute Gasteiger partial charge is 0.302 e. The molecule has 1 amide bonds. The topological polar surface area (TPSA) is 42.0 Å². The number of carbonyl (C=O) groups is 1. The first-order valence-corrected chi connectivity index (χ1v) is 6.21. The number of anilines is 1. The third kappa shape index (κ3) is 3.97. The molecule has 0 aliphatic rings. The molecule has 1 aromatic rings. The van der Waals surface area contributed by atoms with E-state index in [0.29, 0.717) is 15.9 Å². The Labute approximate surface area is 89.9 Å². The first kappa shape index (κ1) is 10.8. The molecule has 0 spiro atoms. The zero-order chi connectivity index (χ0) is 9.68. The molecule has 0 saturated heterocycles. The van der Waals surface area contributed by atoms with Crippen LogP contribution in [0.15, 0.2) is 6.20 Å². The van der Waals surface area contributed by atoms with Gasteiger partial charge in [0, 0.05) is 12.2 Å². The van der Waals surface area contributed by atoms with E-state index in [1.807, 2.05) is 6.26 Å². The van der Waals surface area contributed by atoms with Crippen LogP contribution in [0.2, 0.25) is 4.34 Å². The van der Waals surface area contributed by atoms with Crippen molar-refractivity contribution in [1.82, 2.24) is 4.98 Å². The predicted octanol–water partition coefficient (Wildman–Crippen LogP) is 2.49. The number of amides is 1. The van der Waals surface area contributed by atoms with Crippen LogP contribution in [-0.2, 0) is 4.79 Å². The number of nitrogens with one attached hydrogen (secondary N) is 1. The molecular weight excluding hydrogens is 228 g/mol. The second kappa shape index (κ2) is 5.47. The zero-order valence-corrected chi connectivity index (χ0v) is 9.43. The van der Waals surface area contributed by atoms with Crippen LogP contribution in [0.25, 0.3) is 0 Å². The van der Waals surface area contributed by atoms with Crippen molar-refractivity contribution in [2.45, 2.75) is 6.42 Å². The van der Waals surface area contributed by atoms with Crippen LogP contribution in [0, 0.1) is 0 Å². The van der Waals surface area contributed by atoms with Gasteiger partial charge in [0.25, 0.3) is 0 Å². The normalized spacial score (nSPS) is 10.0. The van der Waals surface area contributed by atoms with E-state index in [1.54, 1.807) is 11.8 Å². The van der Waals surface area contributed by atoms with Crippen LogP contribution in [0.4, 0.5) is 5.13 Å². The maximum Gasteiger partial charge on any atom is 0.226 e. The average Bonchev–Trinajstić information content (AvgIpc) is 2.48. The third-order valence-electron chi connectivity index (χ3n) is 1.26. The molecule has 0 aliphatic carbocycles. The van der Waals surface area contributed by atoms with Crippen molar-refractivity contribution < 1.29 is 4.79 Å². The molecule has 1 rings (SSSR count). The molecule has 0 radical (unpaired) electrons. The molecule has 6 heteroatoms. The minimum absolute atomic E-state index is 0.0135. The van der Waals surface area contributed by atoms with Crippen molar-refractivity contribution in [2.75, 3.05) is 17.3 Å². The first-order valence-electron chi connectivity index (χ1n) is 3.62. The van der Waals surface area contributed by atoms with E-state index in [-0.39, 0.29) is 5.91 Å². The van der Waals surface area contributed by atoms with E-state index in [1.165, 1.54) is 17.5 Å². The van der Waals surface area contributed by atoms with E-state index in [4.69, 9.17) is 11.6 Å². The summed E-state index contributed by atoms with van der Waals surface area (Å²) >= 11 is 8.56. The summed E-state index contributed by atoms with van der Waals surface area (Å²) in [6.07, 6.45) is 4.00. The van der Waals surface area contributed by atoms with Crippen LogP contribution < -0.4 is 5.32 Å². The van der Waals surface area contributed by atoms with Gasteiger partial charge in [-0.2, -0.15) is 11.8 Å². The smallest absolute Gasteiger partial charge is 0.226 e. The molecule has 1 aromatic heterocycles. The minimum Gasteiger partial charge on any atom is -0.302 e. The van der Waals surface area contributed by atoms with Gasteiger partial charge in [0.05, 0.1) is 6.20 Å². The number of nitrogens with zero attached hydrogens (tertiary/aromatic N) is 1. The average molecular weight is 237 g/mol. The lowest BCUT2D eigenvalue weighted by Gasteiger charge is -1.98. The Bertz CT molecular complexity index is 290. The SMILES string of the molecule is CSCCC(=O)Nc1ncc(Cl)s1. The number of hydrogen-bond acceptors (Lipinski definition) is 4. The number of thiazole rings is 1. The summed E-state index contributed by atoms with van der Waals surface area (Å²) in [6, 6.07) is 0. The highest BCUT2D eigenvalue weighted by atomic mass is 35.5. The summed E-state index contributed by atoms with van der Waals surface area (Å²) < 4.78 is 0.583. The highest BCUT2D eigenvalue weighted by molar-refractivity contribution is 7.98. The van der Waals surface area contributed by atoms with Gasteiger partial charge in [-0.1, -0.05) is 22.9 Å². The Hall–Kier alpha value is -0.260. The van der Waals surface area contributed by atoms with E-state index < -0.39 is 0 Å². The molecule has 0 aromatic carbocycles. The molecule has 13 heavy (non-hydrogen) atoms. The number of rotatable bonds is 4. The monoisotopic (exact) mass is 236 g/mol. The van der Waals surface area contributed by atoms with Crippen LogP contribution in [0.1, 0.15) is 6.42 Å². The van der Waals surface area contributed by atoms with Gasteiger partial charge in [-0.25, -0.2) is 4.98 Å². The maximum absolute atomic E-state index is 11.2. The molecule has 0 bridgehead atoms. The van der Waals surface area contributed by atoms with Gasteiger partial charge in [-0.3, -0.25) is 4.79 Å². The number of halogens is 1. The Morgan fingerprint density at radius 1 is 1.85 bits per heavy atom. The van der Waals surface area contributed by atoms with Crippen LogP contribution in [-0.4, -0.2) is 22.9 Å². The second-order valence-corrected chi connectivity index (χ2v) is 4.91. The third-order valence-corrected chi connectivity index (χ3v) is 2.90. The summed E-state index contributed by atoms with van der Waals surface area (Å²) in [6.45, 7) is 0. The summed E-state index contributed by atoms with van der Waals surface area (Å²) in [7, 11) is 0. The summed E-state index contributed by atoms with van der Waals surface area (Å²) in [4.78, 5) is 15.1. The number of hydrogen-bond donors (Lipinski definition) is 1. The highest BCUT2D eigenvalue weighted by Gasteiger charge is 2.04. The second-order valence-electron chi connectivity index (χ2n) is 2.26. The van der Waals surface area contributed by atoms with Gasteiger partial charge < -0.3 is 5.32 Å². The fraction of sp³-hybridized carbons (Fsp3) is 0.429. The van der Waals surface area contributed by atoms with Gasteiger partial charge in [0.1, 0.15) is 4.34 Å². The lowest BCUT2D eigenvalue weighted by atomic mass is 10.5. The molecule has 3 nitrogen and oxygen atoms in total. The number of aromatic nitrogens is 1. The van der Waals surface area contributed by atoms with Gasteiger partial charge in [0.15, 0.2) is 5.13 Å². The Morgan fingerprint density at radius 2 is 2.62 bits per heavy atom. The molecule has 0 fully saturated rings. The zero-order valence-electron chi connectivity index (χ0n) is 7.04. The van der Waals surface area contributed by atoms with Crippen molar-refractivity contribution in [3.05, 3.63) is 10.5 Å². The molecule has 0 saturated carbocycles. The summed E-state index contributed by atoms with van der Waals surface area (Å²) in [5, 5.41) is 3.23. The van der Waals surface area contributed by atoms with Crippen molar-refractivity contribution in [3.8, 4) is 0 Å². The predicted molar refractivity (Wildman–Crippen MR) is 58.8 cm³/mol. The van der Waals surface area contributed by atoms with Crippen LogP contribution in [0.3, 0.4) is 0 Å². The van der Waals surface area contributed by atoms with Crippen LogP contribution in [0.5, 0.6) is 0 Å². The van der Waals surface area contributed by atoms with E-state index >= 15 is 0 Å². The summed E-state index contributed by atoms with van der Waals surface area (Å²) in [5.74, 6) is 0.811.